The molecule has 0 amide bonds. The van der Waals surface area contributed by atoms with Gasteiger partial charge in [0.2, 0.25) is 5.95 Å². The quantitative estimate of drug-likeness (QED) is 0.640. The number of aliphatic hydroxyl groups is 2. The number of carboxylic acid groups (broad SMARTS) is 1. The van der Waals surface area contributed by atoms with E-state index in [2.05, 4.69) is 9.97 Å². The van der Waals surface area contributed by atoms with Crippen molar-refractivity contribution in [2.75, 3.05) is 55.8 Å². The molecule has 0 radical (unpaired) electrons. The van der Waals surface area contributed by atoms with Crippen molar-refractivity contribution in [2.45, 2.75) is 31.3 Å². The van der Waals surface area contributed by atoms with Crippen molar-refractivity contribution in [3.63, 3.8) is 0 Å². The van der Waals surface area contributed by atoms with Crippen molar-refractivity contribution in [3.05, 3.63) is 11.8 Å². The van der Waals surface area contributed by atoms with Crippen molar-refractivity contribution in [1.29, 1.82) is 0 Å². The molecule has 1 aromatic rings. The zero-order valence-corrected chi connectivity index (χ0v) is 15.2. The van der Waals surface area contributed by atoms with Gasteiger partial charge in [-0.05, 0) is 20.3 Å². The highest BCUT2D eigenvalue weighted by atomic mass is 16.5. The van der Waals surface area contributed by atoms with Gasteiger partial charge < -0.3 is 29.9 Å². The summed E-state index contributed by atoms with van der Waals surface area (Å²) in [6.07, 6.45) is 2.00. The van der Waals surface area contributed by atoms with Gasteiger partial charge >= 0.3 is 5.97 Å². The van der Waals surface area contributed by atoms with Gasteiger partial charge in [-0.15, -0.1) is 0 Å². The summed E-state index contributed by atoms with van der Waals surface area (Å²) in [7, 11) is 0. The SMILES string of the molecule is CC(C)(C(=O)O)c1cnc(N2CC[C@](O)(CO)C2)nc1N1CCOCC1. The first kappa shape index (κ1) is 18.8. The summed E-state index contributed by atoms with van der Waals surface area (Å²) in [5, 5.41) is 29.2. The Morgan fingerprint density at radius 3 is 2.58 bits per heavy atom. The zero-order chi connectivity index (χ0) is 18.9. The van der Waals surface area contributed by atoms with E-state index in [1.54, 1.807) is 20.0 Å². The van der Waals surface area contributed by atoms with E-state index in [0.717, 1.165) is 0 Å². The maximum absolute atomic E-state index is 11.8. The Hall–Kier alpha value is -1.97. The third-order valence-corrected chi connectivity index (χ3v) is 5.18. The Morgan fingerprint density at radius 1 is 1.31 bits per heavy atom. The molecule has 1 aromatic heterocycles. The van der Waals surface area contributed by atoms with Crippen LogP contribution in [0.15, 0.2) is 6.20 Å². The van der Waals surface area contributed by atoms with Crippen LogP contribution in [0.2, 0.25) is 0 Å². The van der Waals surface area contributed by atoms with Gasteiger partial charge in [0.25, 0.3) is 0 Å². The summed E-state index contributed by atoms with van der Waals surface area (Å²) in [4.78, 5) is 24.6. The number of morpholine rings is 1. The third kappa shape index (κ3) is 3.46. The molecule has 144 valence electrons. The second kappa shape index (κ2) is 6.98. The van der Waals surface area contributed by atoms with Gasteiger partial charge in [-0.3, -0.25) is 4.79 Å². The van der Waals surface area contributed by atoms with E-state index >= 15 is 0 Å². The molecular weight excluding hydrogens is 340 g/mol. The first-order valence-corrected chi connectivity index (χ1v) is 8.79. The van der Waals surface area contributed by atoms with Crippen molar-refractivity contribution in [2.24, 2.45) is 0 Å². The van der Waals surface area contributed by atoms with E-state index in [1.165, 1.54) is 0 Å². The minimum atomic E-state index is -1.15. The summed E-state index contributed by atoms with van der Waals surface area (Å²) in [6.45, 7) is 6.09. The molecule has 9 heteroatoms. The minimum absolute atomic E-state index is 0.244. The van der Waals surface area contributed by atoms with E-state index in [0.29, 0.717) is 56.6 Å². The van der Waals surface area contributed by atoms with Gasteiger partial charge in [0.1, 0.15) is 11.4 Å². The molecule has 0 unspecified atom stereocenters. The zero-order valence-electron chi connectivity index (χ0n) is 15.2. The summed E-state index contributed by atoms with van der Waals surface area (Å²) >= 11 is 0. The number of carboxylic acids is 1. The van der Waals surface area contributed by atoms with Gasteiger partial charge in [-0.25, -0.2) is 4.98 Å². The molecule has 9 nitrogen and oxygen atoms in total. The Kier molecular flexibility index (Phi) is 5.05. The van der Waals surface area contributed by atoms with Crippen molar-refractivity contribution < 1.29 is 24.9 Å². The van der Waals surface area contributed by atoms with Crippen molar-refractivity contribution >= 4 is 17.7 Å². The lowest BCUT2D eigenvalue weighted by Crippen LogP contribution is -2.41. The highest BCUT2D eigenvalue weighted by Crippen LogP contribution is 2.33. The predicted octanol–water partition coefficient (Wildman–Crippen LogP) is -0.391. The molecule has 2 aliphatic rings. The first-order chi connectivity index (χ1) is 12.3. The maximum atomic E-state index is 11.8. The van der Waals surface area contributed by atoms with Crippen LogP contribution in [-0.4, -0.2) is 82.9 Å². The van der Waals surface area contributed by atoms with Crippen LogP contribution in [0, 0.1) is 0 Å². The van der Waals surface area contributed by atoms with Crippen LogP contribution in [0.4, 0.5) is 11.8 Å². The fraction of sp³-hybridized carbons (Fsp3) is 0.706. The molecule has 3 N–H and O–H groups in total. The van der Waals surface area contributed by atoms with E-state index in [1.807, 2.05) is 9.80 Å². The number of ether oxygens (including phenoxy) is 1. The molecule has 1 atom stereocenters. The lowest BCUT2D eigenvalue weighted by atomic mass is 9.85. The number of aliphatic hydroxyl groups excluding tert-OH is 1. The Bertz CT molecular complexity index is 677. The van der Waals surface area contributed by atoms with Gasteiger partial charge in [-0.1, -0.05) is 0 Å². The normalized spacial score (nSPS) is 24.2. The number of aromatic nitrogens is 2. The van der Waals surface area contributed by atoms with E-state index in [-0.39, 0.29) is 13.2 Å². The molecule has 0 saturated carbocycles. The number of aliphatic carboxylic acids is 1. The average molecular weight is 366 g/mol. The highest BCUT2D eigenvalue weighted by Gasteiger charge is 2.39. The van der Waals surface area contributed by atoms with E-state index in [9.17, 15) is 20.1 Å². The summed E-state index contributed by atoms with van der Waals surface area (Å²) in [5.74, 6) is 0.0742. The van der Waals surface area contributed by atoms with Gasteiger partial charge in [-0.2, -0.15) is 4.98 Å². The minimum Gasteiger partial charge on any atom is -0.481 e. The van der Waals surface area contributed by atoms with Crippen LogP contribution >= 0.6 is 0 Å². The summed E-state index contributed by atoms with van der Waals surface area (Å²) in [5.41, 5.74) is -1.74. The Morgan fingerprint density at radius 2 is 2.00 bits per heavy atom. The largest absolute Gasteiger partial charge is 0.481 e. The number of rotatable bonds is 5. The Labute approximate surface area is 152 Å². The molecule has 3 heterocycles. The molecule has 0 spiro atoms. The maximum Gasteiger partial charge on any atom is 0.313 e. The third-order valence-electron chi connectivity index (χ3n) is 5.18. The molecule has 26 heavy (non-hydrogen) atoms. The standard InChI is InChI=1S/C17H26N4O5/c1-16(2,14(23)24)12-9-18-15(21-4-3-17(25,10-21)11-22)19-13(12)20-5-7-26-8-6-20/h9,22,25H,3-8,10-11H2,1-2H3,(H,23,24)/t17-/m1/s1. The lowest BCUT2D eigenvalue weighted by molar-refractivity contribution is -0.142. The van der Waals surface area contributed by atoms with Crippen LogP contribution in [0.5, 0.6) is 0 Å². The first-order valence-electron chi connectivity index (χ1n) is 8.79. The number of nitrogens with zero attached hydrogens (tertiary/aromatic N) is 4. The highest BCUT2D eigenvalue weighted by molar-refractivity contribution is 5.82. The van der Waals surface area contributed by atoms with Crippen LogP contribution in [0.1, 0.15) is 25.8 Å². The number of carbonyl (C=O) groups is 1. The molecule has 0 bridgehead atoms. The average Bonchev–Trinajstić information content (AvgIpc) is 3.05. The number of hydrogen-bond donors (Lipinski definition) is 3. The second-order valence-electron chi connectivity index (χ2n) is 7.49. The van der Waals surface area contributed by atoms with Crippen molar-refractivity contribution in [1.82, 2.24) is 9.97 Å². The number of β-amino-alcohol motifs (C(OH)–C–C–N with tert-alkyl or cyclic N) is 1. The second-order valence-corrected chi connectivity index (χ2v) is 7.49. The smallest absolute Gasteiger partial charge is 0.313 e. The van der Waals surface area contributed by atoms with Crippen LogP contribution in [0.25, 0.3) is 0 Å². The predicted molar refractivity (Wildman–Crippen MR) is 94.6 cm³/mol. The lowest BCUT2D eigenvalue weighted by Gasteiger charge is -2.33. The topological polar surface area (TPSA) is 119 Å². The fourth-order valence-corrected chi connectivity index (χ4v) is 3.24. The molecule has 0 aliphatic carbocycles. The number of hydrogen-bond acceptors (Lipinski definition) is 8. The van der Waals surface area contributed by atoms with Crippen molar-refractivity contribution in [3.8, 4) is 0 Å². The van der Waals surface area contributed by atoms with Crippen LogP contribution in [-0.2, 0) is 14.9 Å². The van der Waals surface area contributed by atoms with E-state index in [4.69, 9.17) is 4.74 Å². The van der Waals surface area contributed by atoms with Gasteiger partial charge in [0.15, 0.2) is 0 Å². The number of anilines is 2. The summed E-state index contributed by atoms with van der Waals surface area (Å²) < 4.78 is 5.39. The fourth-order valence-electron chi connectivity index (χ4n) is 3.24. The summed E-state index contributed by atoms with van der Waals surface area (Å²) in [6, 6.07) is 0. The van der Waals surface area contributed by atoms with E-state index < -0.39 is 17.0 Å². The van der Waals surface area contributed by atoms with Gasteiger partial charge in [0, 0.05) is 31.4 Å². The van der Waals surface area contributed by atoms with Crippen LogP contribution in [0.3, 0.4) is 0 Å². The molecule has 0 aromatic carbocycles. The van der Waals surface area contributed by atoms with Gasteiger partial charge in [0.05, 0.1) is 31.8 Å². The molecule has 2 fully saturated rings. The molecule has 2 saturated heterocycles. The monoisotopic (exact) mass is 366 g/mol. The molecule has 3 rings (SSSR count). The van der Waals surface area contributed by atoms with Crippen LogP contribution < -0.4 is 9.80 Å². The molecular formula is C17H26N4O5. The molecule has 2 aliphatic heterocycles. The Balaban J connectivity index is 1.98.